The molecular weight excluding hydrogens is 208 g/mol. The Kier molecular flexibility index (Phi) is 3.11. The molecule has 1 saturated carbocycles. The number of hydrogen-bond acceptors (Lipinski definition) is 1. The summed E-state index contributed by atoms with van der Waals surface area (Å²) < 4.78 is 0. The highest BCUT2D eigenvalue weighted by Crippen LogP contribution is 2.43. The van der Waals surface area contributed by atoms with E-state index in [0.717, 1.165) is 43.1 Å². The van der Waals surface area contributed by atoms with Gasteiger partial charge in [-0.05, 0) is 18.4 Å². The summed E-state index contributed by atoms with van der Waals surface area (Å²) in [5.41, 5.74) is 1.76. The minimum absolute atomic E-state index is 0.296. The second-order valence-electron chi connectivity index (χ2n) is 4.23. The molecule has 0 amide bonds. The summed E-state index contributed by atoms with van der Waals surface area (Å²) in [5, 5.41) is 0. The van der Waals surface area contributed by atoms with E-state index in [9.17, 15) is 4.79 Å². The quantitative estimate of drug-likeness (QED) is 0.548. The van der Waals surface area contributed by atoms with E-state index in [1.165, 1.54) is 6.42 Å². The SMILES string of the molecule is O=Cc1ccccc1C1(Cl)CCCCC1. The van der Waals surface area contributed by atoms with Gasteiger partial charge >= 0.3 is 0 Å². The van der Waals surface area contributed by atoms with Gasteiger partial charge in [-0.1, -0.05) is 43.5 Å². The molecule has 1 fully saturated rings. The summed E-state index contributed by atoms with van der Waals surface area (Å²) in [6.07, 6.45) is 6.47. The van der Waals surface area contributed by atoms with Gasteiger partial charge in [-0.2, -0.15) is 0 Å². The van der Waals surface area contributed by atoms with Gasteiger partial charge < -0.3 is 0 Å². The third-order valence-corrected chi connectivity index (χ3v) is 3.80. The summed E-state index contributed by atoms with van der Waals surface area (Å²) in [6.45, 7) is 0. The predicted molar refractivity (Wildman–Crippen MR) is 62.4 cm³/mol. The van der Waals surface area contributed by atoms with Crippen molar-refractivity contribution in [2.24, 2.45) is 0 Å². The van der Waals surface area contributed by atoms with E-state index in [-0.39, 0.29) is 4.87 Å². The molecule has 0 bridgehead atoms. The molecule has 1 aliphatic rings. The number of aldehydes is 1. The van der Waals surface area contributed by atoms with Crippen molar-refractivity contribution in [3.8, 4) is 0 Å². The molecule has 0 heterocycles. The lowest BCUT2D eigenvalue weighted by Crippen LogP contribution is -2.23. The molecule has 0 aromatic heterocycles. The lowest BCUT2D eigenvalue weighted by molar-refractivity contribution is 0.112. The Bertz CT molecular complexity index is 353. The molecule has 1 aromatic rings. The summed E-state index contributed by atoms with van der Waals surface area (Å²) in [4.78, 5) is 10.7. The average molecular weight is 223 g/mol. The minimum atomic E-state index is -0.296. The maximum absolute atomic E-state index is 11.0. The zero-order valence-electron chi connectivity index (χ0n) is 8.71. The van der Waals surface area contributed by atoms with Crippen LogP contribution in [0.1, 0.15) is 48.0 Å². The van der Waals surface area contributed by atoms with Crippen LogP contribution in [0.15, 0.2) is 24.3 Å². The van der Waals surface area contributed by atoms with Gasteiger partial charge in [-0.25, -0.2) is 0 Å². The predicted octanol–water partition coefficient (Wildman–Crippen LogP) is 3.90. The van der Waals surface area contributed by atoms with Crippen LogP contribution in [0.3, 0.4) is 0 Å². The smallest absolute Gasteiger partial charge is 0.150 e. The number of carbonyl (C=O) groups excluding carboxylic acids is 1. The molecule has 0 aliphatic heterocycles. The molecule has 0 unspecified atom stereocenters. The second kappa shape index (κ2) is 4.36. The first-order valence-corrected chi connectivity index (χ1v) is 5.88. The van der Waals surface area contributed by atoms with E-state index < -0.39 is 0 Å². The summed E-state index contributed by atoms with van der Waals surface area (Å²) in [7, 11) is 0. The highest BCUT2D eigenvalue weighted by molar-refractivity contribution is 6.24. The van der Waals surface area contributed by atoms with E-state index in [1.807, 2.05) is 24.3 Å². The van der Waals surface area contributed by atoms with Crippen LogP contribution in [0.5, 0.6) is 0 Å². The zero-order chi connectivity index (χ0) is 10.7. The Morgan fingerprint density at radius 2 is 1.80 bits per heavy atom. The summed E-state index contributed by atoms with van der Waals surface area (Å²) in [5.74, 6) is 0. The molecule has 0 N–H and O–H groups in total. The molecule has 2 rings (SSSR count). The molecule has 1 aromatic carbocycles. The van der Waals surface area contributed by atoms with Crippen molar-refractivity contribution in [1.82, 2.24) is 0 Å². The van der Waals surface area contributed by atoms with E-state index in [2.05, 4.69) is 0 Å². The lowest BCUT2D eigenvalue weighted by Gasteiger charge is -2.32. The van der Waals surface area contributed by atoms with Crippen LogP contribution in [-0.2, 0) is 4.87 Å². The van der Waals surface area contributed by atoms with E-state index in [0.29, 0.717) is 0 Å². The van der Waals surface area contributed by atoms with Crippen molar-refractivity contribution in [2.45, 2.75) is 37.0 Å². The van der Waals surface area contributed by atoms with Crippen molar-refractivity contribution in [1.29, 1.82) is 0 Å². The van der Waals surface area contributed by atoms with Crippen LogP contribution in [0.2, 0.25) is 0 Å². The number of hydrogen-bond donors (Lipinski definition) is 0. The molecule has 0 saturated heterocycles. The van der Waals surface area contributed by atoms with Gasteiger partial charge in [0.05, 0.1) is 4.87 Å². The highest BCUT2D eigenvalue weighted by atomic mass is 35.5. The van der Waals surface area contributed by atoms with E-state index in [1.54, 1.807) is 0 Å². The standard InChI is InChI=1S/C13H15ClO/c14-13(8-4-1-5-9-13)12-7-3-2-6-11(12)10-15/h2-3,6-7,10H,1,4-5,8-9H2. The first kappa shape index (κ1) is 10.7. The van der Waals surface area contributed by atoms with Gasteiger partial charge in [0.2, 0.25) is 0 Å². The van der Waals surface area contributed by atoms with Crippen LogP contribution >= 0.6 is 11.6 Å². The molecule has 1 nitrogen and oxygen atoms in total. The van der Waals surface area contributed by atoms with Crippen molar-refractivity contribution in [3.05, 3.63) is 35.4 Å². The molecule has 2 heteroatoms. The molecule has 15 heavy (non-hydrogen) atoms. The molecule has 80 valence electrons. The van der Waals surface area contributed by atoms with E-state index >= 15 is 0 Å². The van der Waals surface area contributed by atoms with Crippen LogP contribution in [-0.4, -0.2) is 6.29 Å². The van der Waals surface area contributed by atoms with Crippen LogP contribution in [0.25, 0.3) is 0 Å². The Morgan fingerprint density at radius 3 is 2.47 bits per heavy atom. The first-order valence-electron chi connectivity index (χ1n) is 5.50. The fraction of sp³-hybridized carbons (Fsp3) is 0.462. The number of rotatable bonds is 2. The third kappa shape index (κ3) is 2.07. The summed E-state index contributed by atoms with van der Waals surface area (Å²) >= 11 is 6.63. The van der Waals surface area contributed by atoms with Gasteiger partial charge in [0.25, 0.3) is 0 Å². The number of carbonyl (C=O) groups is 1. The number of benzene rings is 1. The van der Waals surface area contributed by atoms with Crippen LogP contribution in [0, 0.1) is 0 Å². The molecule has 0 radical (unpaired) electrons. The Morgan fingerprint density at radius 1 is 1.13 bits per heavy atom. The van der Waals surface area contributed by atoms with Crippen molar-refractivity contribution >= 4 is 17.9 Å². The minimum Gasteiger partial charge on any atom is -0.298 e. The topological polar surface area (TPSA) is 17.1 Å². The van der Waals surface area contributed by atoms with Gasteiger partial charge in [0.1, 0.15) is 6.29 Å². The number of halogens is 1. The maximum Gasteiger partial charge on any atom is 0.150 e. The van der Waals surface area contributed by atoms with Crippen LogP contribution in [0.4, 0.5) is 0 Å². The Labute approximate surface area is 95.4 Å². The lowest BCUT2D eigenvalue weighted by atomic mass is 9.81. The number of alkyl halides is 1. The van der Waals surface area contributed by atoms with Crippen molar-refractivity contribution in [3.63, 3.8) is 0 Å². The monoisotopic (exact) mass is 222 g/mol. The molecular formula is C13H15ClO. The fourth-order valence-electron chi connectivity index (χ4n) is 2.39. The zero-order valence-corrected chi connectivity index (χ0v) is 9.46. The van der Waals surface area contributed by atoms with Gasteiger partial charge in [-0.3, -0.25) is 4.79 Å². The maximum atomic E-state index is 11.0. The normalized spacial score (nSPS) is 19.8. The largest absolute Gasteiger partial charge is 0.298 e. The van der Waals surface area contributed by atoms with Gasteiger partial charge in [0.15, 0.2) is 0 Å². The van der Waals surface area contributed by atoms with Crippen LogP contribution < -0.4 is 0 Å². The summed E-state index contributed by atoms with van der Waals surface area (Å²) in [6, 6.07) is 7.68. The first-order chi connectivity index (χ1) is 7.26. The third-order valence-electron chi connectivity index (χ3n) is 3.22. The Hall–Kier alpha value is -0.820. The van der Waals surface area contributed by atoms with E-state index in [4.69, 9.17) is 11.6 Å². The van der Waals surface area contributed by atoms with Gasteiger partial charge in [-0.15, -0.1) is 11.6 Å². The molecule has 0 atom stereocenters. The second-order valence-corrected chi connectivity index (χ2v) is 4.95. The fourth-order valence-corrected chi connectivity index (χ4v) is 2.83. The molecule has 0 spiro atoms. The van der Waals surface area contributed by atoms with Crippen molar-refractivity contribution in [2.75, 3.05) is 0 Å². The van der Waals surface area contributed by atoms with Crippen molar-refractivity contribution < 1.29 is 4.79 Å². The average Bonchev–Trinajstić information content (AvgIpc) is 2.30. The van der Waals surface area contributed by atoms with Gasteiger partial charge in [0, 0.05) is 5.56 Å². The Balaban J connectivity index is 2.38. The highest BCUT2D eigenvalue weighted by Gasteiger charge is 2.32. The molecule has 1 aliphatic carbocycles.